The van der Waals surface area contributed by atoms with Gasteiger partial charge in [0.25, 0.3) is 0 Å². The Balaban J connectivity index is 2.12. The first-order valence-corrected chi connectivity index (χ1v) is 7.07. The predicted octanol–water partition coefficient (Wildman–Crippen LogP) is 2.63. The van der Waals surface area contributed by atoms with Crippen LogP contribution in [0.15, 0.2) is 29.6 Å². The lowest BCUT2D eigenvalue weighted by Crippen LogP contribution is -2.17. The minimum atomic E-state index is 0.104. The number of hydrogen-bond acceptors (Lipinski definition) is 4. The fourth-order valence-electron chi connectivity index (χ4n) is 1.81. The molecule has 2 rings (SSSR count). The van der Waals surface area contributed by atoms with Crippen LogP contribution in [0.3, 0.4) is 0 Å². The lowest BCUT2D eigenvalue weighted by atomic mass is 10.1. The van der Waals surface area contributed by atoms with Crippen LogP contribution in [-0.2, 0) is 13.0 Å². The van der Waals surface area contributed by atoms with E-state index in [9.17, 15) is 0 Å². The van der Waals surface area contributed by atoms with Crippen LogP contribution in [0.1, 0.15) is 23.7 Å². The van der Waals surface area contributed by atoms with Gasteiger partial charge in [0.1, 0.15) is 5.84 Å². The molecule has 5 heteroatoms. The standard InChI is InChI=1S/C14H18N4S/c1-3-12-9-19-14(17-12)18(2)8-10-5-4-6-11(7-10)13(15)16/h4-7,9H,3,8H2,1-2H3,(H3,15,16). The maximum absolute atomic E-state index is 7.46. The molecule has 0 spiro atoms. The molecule has 0 aliphatic carbocycles. The zero-order chi connectivity index (χ0) is 13.8. The third kappa shape index (κ3) is 3.32. The third-order valence-electron chi connectivity index (χ3n) is 2.89. The first-order valence-electron chi connectivity index (χ1n) is 6.19. The molecule has 1 aromatic carbocycles. The van der Waals surface area contributed by atoms with E-state index in [1.807, 2.05) is 31.3 Å². The predicted molar refractivity (Wildman–Crippen MR) is 81.1 cm³/mol. The summed E-state index contributed by atoms with van der Waals surface area (Å²) in [6, 6.07) is 7.77. The van der Waals surface area contributed by atoms with Crippen molar-refractivity contribution in [3.63, 3.8) is 0 Å². The number of aromatic nitrogens is 1. The van der Waals surface area contributed by atoms with Gasteiger partial charge in [-0.1, -0.05) is 25.1 Å². The second-order valence-corrected chi connectivity index (χ2v) is 5.28. The highest BCUT2D eigenvalue weighted by atomic mass is 32.1. The highest BCUT2D eigenvalue weighted by molar-refractivity contribution is 7.13. The average Bonchev–Trinajstić information content (AvgIpc) is 2.88. The molecule has 0 fully saturated rings. The first kappa shape index (κ1) is 13.5. The molecule has 0 unspecified atom stereocenters. The molecule has 0 amide bonds. The summed E-state index contributed by atoms with van der Waals surface area (Å²) in [5.74, 6) is 0.104. The molecular formula is C14H18N4S. The Morgan fingerprint density at radius 1 is 1.47 bits per heavy atom. The van der Waals surface area contributed by atoms with E-state index < -0.39 is 0 Å². The van der Waals surface area contributed by atoms with E-state index >= 15 is 0 Å². The lowest BCUT2D eigenvalue weighted by Gasteiger charge is -2.16. The minimum Gasteiger partial charge on any atom is -0.384 e. The van der Waals surface area contributed by atoms with Gasteiger partial charge in [0.15, 0.2) is 5.13 Å². The second kappa shape index (κ2) is 5.84. The highest BCUT2D eigenvalue weighted by Gasteiger charge is 2.07. The van der Waals surface area contributed by atoms with Gasteiger partial charge in [-0.25, -0.2) is 4.98 Å². The number of aryl methyl sites for hydroxylation is 1. The van der Waals surface area contributed by atoms with E-state index in [1.54, 1.807) is 11.3 Å². The number of anilines is 1. The number of nitrogen functional groups attached to an aromatic ring is 1. The Hall–Kier alpha value is -1.88. The van der Waals surface area contributed by atoms with Crippen molar-refractivity contribution in [3.05, 3.63) is 46.5 Å². The van der Waals surface area contributed by atoms with Crippen LogP contribution in [0.25, 0.3) is 0 Å². The molecule has 3 N–H and O–H groups in total. The van der Waals surface area contributed by atoms with Crippen molar-refractivity contribution in [2.75, 3.05) is 11.9 Å². The Labute approximate surface area is 117 Å². The zero-order valence-electron chi connectivity index (χ0n) is 11.2. The van der Waals surface area contributed by atoms with E-state index in [-0.39, 0.29) is 5.84 Å². The quantitative estimate of drug-likeness (QED) is 0.650. The molecule has 0 saturated carbocycles. The second-order valence-electron chi connectivity index (χ2n) is 4.45. The number of thiazole rings is 1. The fraction of sp³-hybridized carbons (Fsp3) is 0.286. The molecule has 0 aliphatic rings. The van der Waals surface area contributed by atoms with Crippen molar-refractivity contribution >= 4 is 22.3 Å². The maximum Gasteiger partial charge on any atom is 0.185 e. The van der Waals surface area contributed by atoms with Gasteiger partial charge in [0, 0.05) is 24.5 Å². The van der Waals surface area contributed by atoms with Crippen molar-refractivity contribution in [1.29, 1.82) is 5.41 Å². The van der Waals surface area contributed by atoms with E-state index in [4.69, 9.17) is 11.1 Å². The number of nitrogens with one attached hydrogen (secondary N) is 1. The summed E-state index contributed by atoms with van der Waals surface area (Å²) in [5.41, 5.74) is 8.53. The van der Waals surface area contributed by atoms with Gasteiger partial charge in [-0.15, -0.1) is 11.3 Å². The van der Waals surface area contributed by atoms with E-state index in [0.717, 1.165) is 34.9 Å². The molecule has 0 saturated heterocycles. The average molecular weight is 274 g/mol. The van der Waals surface area contributed by atoms with Crippen LogP contribution in [0, 0.1) is 5.41 Å². The SMILES string of the molecule is CCc1csc(N(C)Cc2cccc(C(=N)N)c2)n1. The normalized spacial score (nSPS) is 10.4. The summed E-state index contributed by atoms with van der Waals surface area (Å²) in [6.07, 6.45) is 0.962. The topological polar surface area (TPSA) is 66.0 Å². The van der Waals surface area contributed by atoms with E-state index in [1.165, 1.54) is 0 Å². The minimum absolute atomic E-state index is 0.104. The molecule has 0 atom stereocenters. The van der Waals surface area contributed by atoms with Crippen LogP contribution in [-0.4, -0.2) is 17.9 Å². The highest BCUT2D eigenvalue weighted by Crippen LogP contribution is 2.21. The first-order chi connectivity index (χ1) is 9.10. The van der Waals surface area contributed by atoms with Crippen molar-refractivity contribution in [3.8, 4) is 0 Å². The summed E-state index contributed by atoms with van der Waals surface area (Å²) < 4.78 is 0. The number of rotatable bonds is 5. The number of nitrogens with two attached hydrogens (primary N) is 1. The molecule has 1 aromatic heterocycles. The van der Waals surface area contributed by atoms with E-state index in [0.29, 0.717) is 0 Å². The largest absolute Gasteiger partial charge is 0.384 e. The zero-order valence-corrected chi connectivity index (χ0v) is 12.0. The van der Waals surface area contributed by atoms with Gasteiger partial charge in [0.05, 0.1) is 5.69 Å². The molecule has 4 nitrogen and oxygen atoms in total. The summed E-state index contributed by atoms with van der Waals surface area (Å²) in [4.78, 5) is 6.67. The molecule has 0 bridgehead atoms. The monoisotopic (exact) mass is 274 g/mol. The molecule has 2 aromatic rings. The summed E-state index contributed by atoms with van der Waals surface area (Å²) in [5, 5.41) is 10.6. The summed E-state index contributed by atoms with van der Waals surface area (Å²) in [7, 11) is 2.03. The molecule has 19 heavy (non-hydrogen) atoms. The van der Waals surface area contributed by atoms with Crippen LogP contribution >= 0.6 is 11.3 Å². The molecule has 0 aliphatic heterocycles. The van der Waals surface area contributed by atoms with Gasteiger partial charge in [0.2, 0.25) is 0 Å². The van der Waals surface area contributed by atoms with Crippen molar-refractivity contribution in [2.24, 2.45) is 5.73 Å². The number of nitrogens with zero attached hydrogens (tertiary/aromatic N) is 2. The van der Waals surface area contributed by atoms with E-state index in [2.05, 4.69) is 22.2 Å². The maximum atomic E-state index is 7.46. The number of hydrogen-bond donors (Lipinski definition) is 2. The van der Waals surface area contributed by atoms with Crippen molar-refractivity contribution in [2.45, 2.75) is 19.9 Å². The lowest BCUT2D eigenvalue weighted by molar-refractivity contribution is 0.904. The molecular weight excluding hydrogens is 256 g/mol. The third-order valence-corrected chi connectivity index (χ3v) is 3.89. The molecule has 100 valence electrons. The number of amidine groups is 1. The van der Waals surface area contributed by atoms with Gasteiger partial charge in [-0.3, -0.25) is 5.41 Å². The van der Waals surface area contributed by atoms with Crippen molar-refractivity contribution < 1.29 is 0 Å². The summed E-state index contributed by atoms with van der Waals surface area (Å²) in [6.45, 7) is 2.87. The molecule has 0 radical (unpaired) electrons. The fourth-order valence-corrected chi connectivity index (χ4v) is 2.69. The van der Waals surface area contributed by atoms with Crippen LogP contribution in [0.2, 0.25) is 0 Å². The molecule has 1 heterocycles. The Kier molecular flexibility index (Phi) is 4.16. The summed E-state index contributed by atoms with van der Waals surface area (Å²) >= 11 is 1.66. The van der Waals surface area contributed by atoms with Crippen LogP contribution in [0.4, 0.5) is 5.13 Å². The Bertz CT molecular complexity index is 576. The van der Waals surface area contributed by atoms with Gasteiger partial charge in [-0.2, -0.15) is 0 Å². The van der Waals surface area contributed by atoms with Gasteiger partial charge in [-0.05, 0) is 18.1 Å². The van der Waals surface area contributed by atoms with Gasteiger partial charge < -0.3 is 10.6 Å². The Morgan fingerprint density at radius 3 is 2.89 bits per heavy atom. The van der Waals surface area contributed by atoms with Crippen LogP contribution < -0.4 is 10.6 Å². The number of benzene rings is 1. The Morgan fingerprint density at radius 2 is 2.26 bits per heavy atom. The van der Waals surface area contributed by atoms with Crippen molar-refractivity contribution in [1.82, 2.24) is 4.98 Å². The van der Waals surface area contributed by atoms with Gasteiger partial charge >= 0.3 is 0 Å². The van der Waals surface area contributed by atoms with Crippen LogP contribution in [0.5, 0.6) is 0 Å². The smallest absolute Gasteiger partial charge is 0.185 e.